The van der Waals surface area contributed by atoms with Crippen molar-refractivity contribution in [2.45, 2.75) is 31.3 Å². The van der Waals surface area contributed by atoms with Crippen molar-refractivity contribution in [3.8, 4) is 0 Å². The number of furan rings is 1. The molecular formula is C17H20ClN3O. The molecule has 1 aromatic heterocycles. The smallest absolute Gasteiger partial charge is 0.191 e. The number of guanidine groups is 1. The van der Waals surface area contributed by atoms with Crippen LogP contribution >= 0.6 is 11.6 Å². The average Bonchev–Trinajstić information content (AvgIpc) is 2.98. The van der Waals surface area contributed by atoms with Crippen LogP contribution in [-0.4, -0.2) is 19.0 Å². The Morgan fingerprint density at radius 2 is 2.18 bits per heavy atom. The fraction of sp³-hybridized carbons (Fsp3) is 0.353. The fourth-order valence-electron chi connectivity index (χ4n) is 2.74. The normalized spacial score (nSPS) is 21.3. The molecule has 0 amide bonds. The van der Waals surface area contributed by atoms with Gasteiger partial charge < -0.3 is 15.1 Å². The van der Waals surface area contributed by atoms with Crippen LogP contribution in [0.1, 0.15) is 30.1 Å². The van der Waals surface area contributed by atoms with Crippen molar-refractivity contribution in [3.63, 3.8) is 0 Å². The summed E-state index contributed by atoms with van der Waals surface area (Å²) in [4.78, 5) is 4.25. The van der Waals surface area contributed by atoms with Gasteiger partial charge in [-0.25, -0.2) is 0 Å². The number of nitrogens with one attached hydrogen (secondary N) is 2. The van der Waals surface area contributed by atoms with E-state index in [1.54, 1.807) is 13.3 Å². The number of nitrogens with zero attached hydrogens (tertiary/aromatic N) is 1. The third kappa shape index (κ3) is 3.63. The van der Waals surface area contributed by atoms with Crippen molar-refractivity contribution in [2.75, 3.05) is 7.05 Å². The number of halogens is 1. The molecule has 0 spiro atoms. The molecular weight excluding hydrogens is 298 g/mol. The number of hydrogen-bond acceptors (Lipinski definition) is 2. The van der Waals surface area contributed by atoms with Gasteiger partial charge in [0.25, 0.3) is 0 Å². The summed E-state index contributed by atoms with van der Waals surface area (Å²) >= 11 is 6.05. The molecule has 3 rings (SSSR count). The third-order valence-corrected chi connectivity index (χ3v) is 4.27. The molecule has 0 atom stereocenters. The second-order valence-electron chi connectivity index (χ2n) is 5.57. The maximum atomic E-state index is 6.05. The largest absolute Gasteiger partial charge is 0.467 e. The summed E-state index contributed by atoms with van der Waals surface area (Å²) in [5.41, 5.74) is 1.32. The van der Waals surface area contributed by atoms with Gasteiger partial charge in [0.2, 0.25) is 0 Å². The number of aliphatic imine (C=N–C) groups is 1. The quantitative estimate of drug-likeness (QED) is 0.670. The lowest BCUT2D eigenvalue weighted by Gasteiger charge is -2.37. The van der Waals surface area contributed by atoms with Crippen molar-refractivity contribution >= 4 is 17.6 Å². The van der Waals surface area contributed by atoms with Crippen LogP contribution in [-0.2, 0) is 6.54 Å². The van der Waals surface area contributed by atoms with Gasteiger partial charge >= 0.3 is 0 Å². The van der Waals surface area contributed by atoms with Gasteiger partial charge in [0.15, 0.2) is 5.96 Å². The van der Waals surface area contributed by atoms with Crippen molar-refractivity contribution in [2.24, 2.45) is 4.99 Å². The van der Waals surface area contributed by atoms with Gasteiger partial charge in [-0.3, -0.25) is 4.99 Å². The minimum atomic E-state index is 0.451. The van der Waals surface area contributed by atoms with E-state index in [1.807, 2.05) is 24.3 Å². The molecule has 1 aliphatic carbocycles. The van der Waals surface area contributed by atoms with E-state index in [4.69, 9.17) is 16.0 Å². The molecule has 22 heavy (non-hydrogen) atoms. The third-order valence-electron chi connectivity index (χ3n) is 4.03. The second-order valence-corrected chi connectivity index (χ2v) is 6.01. The van der Waals surface area contributed by atoms with Crippen LogP contribution in [0.5, 0.6) is 0 Å². The summed E-state index contributed by atoms with van der Waals surface area (Å²) in [5, 5.41) is 7.51. The topological polar surface area (TPSA) is 49.6 Å². The number of benzene rings is 1. The Kier molecular flexibility index (Phi) is 4.68. The molecule has 5 heteroatoms. The highest BCUT2D eigenvalue weighted by molar-refractivity contribution is 6.30. The predicted molar refractivity (Wildman–Crippen MR) is 89.3 cm³/mol. The molecule has 1 fully saturated rings. The molecule has 0 unspecified atom stereocenters. The molecule has 4 nitrogen and oxygen atoms in total. The minimum absolute atomic E-state index is 0.451. The van der Waals surface area contributed by atoms with Crippen molar-refractivity contribution < 1.29 is 4.42 Å². The first-order valence-corrected chi connectivity index (χ1v) is 7.87. The summed E-state index contributed by atoms with van der Waals surface area (Å²) in [7, 11) is 1.78. The van der Waals surface area contributed by atoms with Crippen LogP contribution in [0.15, 0.2) is 52.1 Å². The lowest BCUT2D eigenvalue weighted by molar-refractivity contribution is 0.321. The fourth-order valence-corrected chi connectivity index (χ4v) is 2.94. The molecule has 116 valence electrons. The summed E-state index contributed by atoms with van der Waals surface area (Å²) in [5.74, 6) is 2.29. The molecule has 1 aromatic carbocycles. The lowest BCUT2D eigenvalue weighted by Crippen LogP contribution is -2.48. The van der Waals surface area contributed by atoms with Gasteiger partial charge in [-0.2, -0.15) is 0 Å². The van der Waals surface area contributed by atoms with Gasteiger partial charge in [-0.05, 0) is 48.6 Å². The van der Waals surface area contributed by atoms with E-state index >= 15 is 0 Å². The molecule has 0 radical (unpaired) electrons. The Balaban J connectivity index is 1.46. The summed E-state index contributed by atoms with van der Waals surface area (Å²) < 4.78 is 5.30. The van der Waals surface area contributed by atoms with Crippen LogP contribution in [0.25, 0.3) is 0 Å². The Morgan fingerprint density at radius 3 is 2.86 bits per heavy atom. The van der Waals surface area contributed by atoms with E-state index in [1.165, 1.54) is 5.56 Å². The number of rotatable bonds is 4. The average molecular weight is 318 g/mol. The van der Waals surface area contributed by atoms with Gasteiger partial charge in [-0.15, -0.1) is 0 Å². The Labute approximate surface area is 135 Å². The van der Waals surface area contributed by atoms with Crippen LogP contribution in [0.2, 0.25) is 5.02 Å². The maximum absolute atomic E-state index is 6.05. The zero-order valence-corrected chi connectivity index (χ0v) is 13.3. The Hall–Kier alpha value is -1.94. The maximum Gasteiger partial charge on any atom is 0.191 e. The SMILES string of the molecule is CN=C(NCc1ccco1)NC1CC(c2cccc(Cl)c2)C1. The van der Waals surface area contributed by atoms with Gasteiger partial charge in [-0.1, -0.05) is 23.7 Å². The highest BCUT2D eigenvalue weighted by Crippen LogP contribution is 2.37. The van der Waals surface area contributed by atoms with Crippen molar-refractivity contribution in [3.05, 3.63) is 59.0 Å². The highest BCUT2D eigenvalue weighted by atomic mass is 35.5. The predicted octanol–water partition coefficient (Wildman–Crippen LogP) is 3.54. The van der Waals surface area contributed by atoms with E-state index in [-0.39, 0.29) is 0 Å². The van der Waals surface area contributed by atoms with Crippen LogP contribution in [0.4, 0.5) is 0 Å². The molecule has 1 heterocycles. The van der Waals surface area contributed by atoms with E-state index in [2.05, 4.69) is 27.8 Å². The first-order valence-electron chi connectivity index (χ1n) is 7.49. The van der Waals surface area contributed by atoms with E-state index in [9.17, 15) is 0 Å². The molecule has 1 aliphatic rings. The van der Waals surface area contributed by atoms with Gasteiger partial charge in [0, 0.05) is 18.1 Å². The summed E-state index contributed by atoms with van der Waals surface area (Å²) in [6, 6.07) is 12.4. The van der Waals surface area contributed by atoms with E-state index < -0.39 is 0 Å². The monoisotopic (exact) mass is 317 g/mol. The second kappa shape index (κ2) is 6.88. The molecule has 2 N–H and O–H groups in total. The standard InChI is InChI=1S/C17H20ClN3O/c1-19-17(20-11-16-6-3-7-22-16)21-15-9-13(10-15)12-4-2-5-14(18)8-12/h2-8,13,15H,9-11H2,1H3,(H2,19,20,21). The van der Waals surface area contributed by atoms with Crippen LogP contribution in [0.3, 0.4) is 0 Å². The highest BCUT2D eigenvalue weighted by Gasteiger charge is 2.30. The van der Waals surface area contributed by atoms with Crippen LogP contribution in [0, 0.1) is 0 Å². The lowest BCUT2D eigenvalue weighted by atomic mass is 9.76. The van der Waals surface area contributed by atoms with Gasteiger partial charge in [0.05, 0.1) is 12.8 Å². The Bertz CT molecular complexity index is 633. The minimum Gasteiger partial charge on any atom is -0.467 e. The van der Waals surface area contributed by atoms with Gasteiger partial charge in [0.1, 0.15) is 5.76 Å². The Morgan fingerprint density at radius 1 is 1.32 bits per heavy atom. The number of hydrogen-bond donors (Lipinski definition) is 2. The summed E-state index contributed by atoms with van der Waals surface area (Å²) in [6.45, 7) is 0.636. The molecule has 1 saturated carbocycles. The molecule has 0 bridgehead atoms. The van der Waals surface area contributed by atoms with Crippen LogP contribution < -0.4 is 10.6 Å². The van der Waals surface area contributed by atoms with Crippen molar-refractivity contribution in [1.82, 2.24) is 10.6 Å². The zero-order chi connectivity index (χ0) is 15.4. The molecule has 0 saturated heterocycles. The first-order chi connectivity index (χ1) is 10.7. The van der Waals surface area contributed by atoms with E-state index in [0.29, 0.717) is 18.5 Å². The summed E-state index contributed by atoms with van der Waals surface area (Å²) in [6.07, 6.45) is 3.87. The first kappa shape index (κ1) is 15.0. The van der Waals surface area contributed by atoms with E-state index in [0.717, 1.165) is 29.6 Å². The molecule has 2 aromatic rings. The zero-order valence-electron chi connectivity index (χ0n) is 12.6. The van der Waals surface area contributed by atoms with Crippen molar-refractivity contribution in [1.29, 1.82) is 0 Å². The molecule has 0 aliphatic heterocycles.